The van der Waals surface area contributed by atoms with E-state index in [-0.39, 0.29) is 41.1 Å². The molecule has 0 radical (unpaired) electrons. The summed E-state index contributed by atoms with van der Waals surface area (Å²) in [6, 6.07) is 9.78. The second-order valence-electron chi connectivity index (χ2n) is 11.1. The van der Waals surface area contributed by atoms with Crippen molar-refractivity contribution in [2.24, 2.45) is 11.7 Å². The molecule has 0 amide bonds. The van der Waals surface area contributed by atoms with E-state index >= 15 is 4.39 Å². The lowest BCUT2D eigenvalue weighted by Gasteiger charge is -2.38. The number of carboxylic acid groups (broad SMARTS) is 1. The van der Waals surface area contributed by atoms with Crippen LogP contribution in [-0.2, 0) is 4.79 Å². The second-order valence-corrected chi connectivity index (χ2v) is 11.1. The summed E-state index contributed by atoms with van der Waals surface area (Å²) in [4.78, 5) is 56.1. The van der Waals surface area contributed by atoms with Gasteiger partial charge in [-0.15, -0.1) is 0 Å². The molecule has 0 aromatic heterocycles. The summed E-state index contributed by atoms with van der Waals surface area (Å²) in [6.07, 6.45) is 2.58. The minimum absolute atomic E-state index is 0.0603. The molecule has 0 spiro atoms. The smallest absolute Gasteiger partial charge is 0.316 e. The van der Waals surface area contributed by atoms with Crippen molar-refractivity contribution in [3.8, 4) is 0 Å². The highest BCUT2D eigenvalue weighted by Crippen LogP contribution is 2.41. The molecule has 1 atom stereocenters. The quantitative estimate of drug-likeness (QED) is 0.325. The predicted molar refractivity (Wildman–Crippen MR) is 150 cm³/mol. The zero-order valence-electron chi connectivity index (χ0n) is 22.6. The van der Waals surface area contributed by atoms with Gasteiger partial charge in [-0.1, -0.05) is 24.3 Å². The van der Waals surface area contributed by atoms with Gasteiger partial charge in [-0.25, -0.2) is 4.39 Å². The van der Waals surface area contributed by atoms with Crippen LogP contribution < -0.4 is 20.9 Å². The number of aliphatic carboxylic acids is 1. The molecule has 2 aliphatic heterocycles. The molecule has 4 aliphatic rings. The molecule has 1 saturated heterocycles. The van der Waals surface area contributed by atoms with E-state index in [1.54, 1.807) is 30.3 Å². The summed E-state index contributed by atoms with van der Waals surface area (Å²) >= 11 is 0. The molecule has 10 nitrogen and oxygen atoms in total. The fourth-order valence-corrected chi connectivity index (χ4v) is 6.01. The van der Waals surface area contributed by atoms with Crippen LogP contribution in [0.3, 0.4) is 0 Å². The van der Waals surface area contributed by atoms with Crippen molar-refractivity contribution in [3.05, 3.63) is 70.3 Å². The predicted octanol–water partition coefficient (Wildman–Crippen LogP) is 2.04. The number of benzene rings is 2. The lowest BCUT2D eigenvalue weighted by atomic mass is 9.90. The van der Waals surface area contributed by atoms with Crippen LogP contribution in [0.1, 0.15) is 50.3 Å². The normalized spacial score (nSPS) is 21.2. The Balaban J connectivity index is 1.05. The van der Waals surface area contributed by atoms with Crippen LogP contribution in [0.5, 0.6) is 0 Å². The van der Waals surface area contributed by atoms with E-state index in [0.717, 1.165) is 25.8 Å². The Morgan fingerprint density at radius 3 is 2.32 bits per heavy atom. The number of Topliss-reactive ketones (excluding diaryl/α,β-unsaturated/α-hetero) is 3. The second kappa shape index (κ2) is 10.6. The first-order valence-electron chi connectivity index (χ1n) is 14.0. The number of anilines is 2. The van der Waals surface area contributed by atoms with Gasteiger partial charge in [0.15, 0.2) is 5.78 Å². The number of hydrogen-bond acceptors (Lipinski definition) is 9. The Hall–Kier alpha value is -4.25. The number of carboxylic acids is 1. The standard InChI is InChI=1S/C30H32FN5O5/c31-22-14-20-23(36(17-6-7-17)16-21(27(20)37)30(40)41)15-24(22)35-12-10-34(11-13-35)9-3-8-33-26-25(32)28(38)18-4-1-2-5-19(18)29(26)39/h1-2,4-5,14-15,17,21,33H,3,6-13,16,32H2,(H,40,41). The maximum Gasteiger partial charge on any atom is 0.316 e. The first-order valence-corrected chi connectivity index (χ1v) is 14.0. The molecule has 2 aromatic carbocycles. The van der Waals surface area contributed by atoms with Gasteiger partial charge in [-0.05, 0) is 37.9 Å². The summed E-state index contributed by atoms with van der Waals surface area (Å²) in [5, 5.41) is 12.6. The number of ketones is 3. The van der Waals surface area contributed by atoms with E-state index in [1.165, 1.54) is 6.07 Å². The molecular formula is C30H32FN5O5. The van der Waals surface area contributed by atoms with Crippen LogP contribution in [-0.4, -0.2) is 85.2 Å². The van der Waals surface area contributed by atoms with Gasteiger partial charge in [0.2, 0.25) is 11.6 Å². The highest BCUT2D eigenvalue weighted by Gasteiger charge is 2.42. The van der Waals surface area contributed by atoms with Crippen molar-refractivity contribution >= 4 is 34.7 Å². The average Bonchev–Trinajstić information content (AvgIpc) is 3.81. The lowest BCUT2D eigenvalue weighted by Crippen LogP contribution is -2.48. The Morgan fingerprint density at radius 2 is 1.66 bits per heavy atom. The first kappa shape index (κ1) is 26.9. The lowest BCUT2D eigenvalue weighted by molar-refractivity contribution is -0.139. The van der Waals surface area contributed by atoms with Gasteiger partial charge in [0.1, 0.15) is 23.1 Å². The van der Waals surface area contributed by atoms with Crippen LogP contribution in [0.4, 0.5) is 15.8 Å². The number of halogens is 1. The van der Waals surface area contributed by atoms with Gasteiger partial charge in [-0.3, -0.25) is 24.1 Å². The summed E-state index contributed by atoms with van der Waals surface area (Å²) in [5.74, 6) is -4.03. The van der Waals surface area contributed by atoms with Crippen LogP contribution in [0.15, 0.2) is 47.8 Å². The zero-order valence-corrected chi connectivity index (χ0v) is 22.6. The summed E-state index contributed by atoms with van der Waals surface area (Å²) in [6.45, 7) is 3.95. The van der Waals surface area contributed by atoms with Gasteiger partial charge < -0.3 is 26.0 Å². The fourth-order valence-electron chi connectivity index (χ4n) is 6.01. The first-order chi connectivity index (χ1) is 19.7. The fraction of sp³-hybridized carbons (Fsp3) is 0.400. The Labute approximate surface area is 236 Å². The number of piperazine rings is 1. The van der Waals surface area contributed by atoms with Crippen molar-refractivity contribution in [3.63, 3.8) is 0 Å². The van der Waals surface area contributed by atoms with E-state index in [2.05, 4.69) is 10.2 Å². The molecule has 2 aromatic rings. The molecule has 11 heteroatoms. The minimum atomic E-state index is -1.17. The van der Waals surface area contributed by atoms with Crippen molar-refractivity contribution in [1.82, 2.24) is 10.2 Å². The summed E-state index contributed by atoms with van der Waals surface area (Å²) in [5.41, 5.74) is 7.97. The molecule has 41 heavy (non-hydrogen) atoms. The van der Waals surface area contributed by atoms with Crippen LogP contribution in [0, 0.1) is 11.7 Å². The third-order valence-corrected chi connectivity index (χ3v) is 8.44. The van der Waals surface area contributed by atoms with E-state index in [9.17, 15) is 24.3 Å². The van der Waals surface area contributed by atoms with E-state index in [4.69, 9.17) is 5.73 Å². The number of allylic oxidation sites excluding steroid dienone is 2. The number of nitrogens with two attached hydrogens (primary N) is 1. The van der Waals surface area contributed by atoms with E-state index < -0.39 is 23.5 Å². The van der Waals surface area contributed by atoms with Crippen molar-refractivity contribution in [2.75, 3.05) is 55.6 Å². The molecule has 2 fully saturated rings. The highest BCUT2D eigenvalue weighted by atomic mass is 19.1. The van der Waals surface area contributed by atoms with Crippen molar-refractivity contribution in [1.29, 1.82) is 0 Å². The number of carbonyl (C=O) groups is 4. The maximum atomic E-state index is 15.3. The molecule has 1 unspecified atom stereocenters. The molecule has 6 rings (SSSR count). The number of fused-ring (bicyclic) bond motifs is 2. The Kier molecular flexibility index (Phi) is 6.98. The van der Waals surface area contributed by atoms with Gasteiger partial charge in [0.05, 0.1) is 11.4 Å². The Morgan fingerprint density at radius 1 is 0.976 bits per heavy atom. The minimum Gasteiger partial charge on any atom is -0.481 e. The average molecular weight is 562 g/mol. The number of nitrogens with one attached hydrogen (secondary N) is 1. The maximum absolute atomic E-state index is 15.3. The largest absolute Gasteiger partial charge is 0.481 e. The number of hydrogen-bond donors (Lipinski definition) is 3. The van der Waals surface area contributed by atoms with Gasteiger partial charge in [-0.2, -0.15) is 0 Å². The monoisotopic (exact) mass is 561 g/mol. The Bertz CT molecular complexity index is 1480. The SMILES string of the molecule is NC1=C(NCCCN2CCN(c3cc4c(cc3F)C(=O)C(C(=O)O)CN4C3CC3)CC2)C(=O)c2ccccc2C1=O. The topological polar surface area (TPSA) is 136 Å². The van der Waals surface area contributed by atoms with E-state index in [0.29, 0.717) is 55.2 Å². The zero-order chi connectivity index (χ0) is 28.8. The van der Waals surface area contributed by atoms with Gasteiger partial charge in [0, 0.05) is 62.0 Å². The number of nitrogens with zero attached hydrogens (tertiary/aromatic N) is 3. The third-order valence-electron chi connectivity index (χ3n) is 8.44. The van der Waals surface area contributed by atoms with Gasteiger partial charge >= 0.3 is 5.97 Å². The number of rotatable bonds is 8. The molecule has 214 valence electrons. The molecule has 2 aliphatic carbocycles. The van der Waals surface area contributed by atoms with Crippen LogP contribution in [0.25, 0.3) is 0 Å². The van der Waals surface area contributed by atoms with E-state index in [1.807, 2.05) is 9.80 Å². The van der Waals surface area contributed by atoms with Crippen molar-refractivity contribution < 1.29 is 28.7 Å². The molecule has 1 saturated carbocycles. The molecule has 0 bridgehead atoms. The number of carbonyl (C=O) groups excluding carboxylic acids is 3. The summed E-state index contributed by atoms with van der Waals surface area (Å²) in [7, 11) is 0. The van der Waals surface area contributed by atoms with Gasteiger partial charge in [0.25, 0.3) is 0 Å². The molecule has 2 heterocycles. The van der Waals surface area contributed by atoms with Crippen LogP contribution in [0.2, 0.25) is 0 Å². The van der Waals surface area contributed by atoms with Crippen molar-refractivity contribution in [2.45, 2.75) is 25.3 Å². The highest BCUT2D eigenvalue weighted by molar-refractivity contribution is 6.26. The van der Waals surface area contributed by atoms with Crippen LogP contribution >= 0.6 is 0 Å². The molecule has 4 N–H and O–H groups in total. The molecular weight excluding hydrogens is 529 g/mol. The third kappa shape index (κ3) is 4.94. The summed E-state index contributed by atoms with van der Waals surface area (Å²) < 4.78 is 15.3.